The van der Waals surface area contributed by atoms with Crippen molar-refractivity contribution in [1.82, 2.24) is 19.7 Å². The highest BCUT2D eigenvalue weighted by Crippen LogP contribution is 2.28. The average Bonchev–Trinajstić information content (AvgIpc) is 3.46. The summed E-state index contributed by atoms with van der Waals surface area (Å²) < 4.78 is 25.5. The van der Waals surface area contributed by atoms with E-state index in [1.54, 1.807) is 23.3 Å². The third-order valence-electron chi connectivity index (χ3n) is 5.12. The molecule has 2 aromatic heterocycles. The molecule has 0 aliphatic carbocycles. The standard InChI is InChI=1S/C20H22N4O3S3/c1-23(16-9-11-30(26,27)14-16)18(25)13-29-20-22-21-19(17-8-5-10-28-17)24(20)12-15-6-3-2-4-7-15/h2-8,10,16H,9,11-14H2,1H3. The van der Waals surface area contributed by atoms with Gasteiger partial charge in [0.05, 0.1) is 28.7 Å². The van der Waals surface area contributed by atoms with Crippen LogP contribution in [0, 0.1) is 0 Å². The van der Waals surface area contributed by atoms with Crippen molar-refractivity contribution in [3.8, 4) is 10.7 Å². The molecule has 3 aromatic rings. The molecule has 1 amide bonds. The van der Waals surface area contributed by atoms with Crippen LogP contribution < -0.4 is 0 Å². The number of benzene rings is 1. The van der Waals surface area contributed by atoms with Crippen LogP contribution in [0.1, 0.15) is 12.0 Å². The summed E-state index contributed by atoms with van der Waals surface area (Å²) in [5, 5.41) is 11.4. The molecule has 0 saturated carbocycles. The third kappa shape index (κ3) is 4.76. The SMILES string of the molecule is CN(C(=O)CSc1nnc(-c2cccs2)n1Cc1ccccc1)C1CCS(=O)(=O)C1. The second-order valence-electron chi connectivity index (χ2n) is 7.21. The molecule has 1 atom stereocenters. The lowest BCUT2D eigenvalue weighted by atomic mass is 10.2. The van der Waals surface area contributed by atoms with Crippen molar-refractivity contribution in [3.05, 3.63) is 53.4 Å². The van der Waals surface area contributed by atoms with Gasteiger partial charge in [0.25, 0.3) is 0 Å². The first kappa shape index (κ1) is 21.1. The number of aromatic nitrogens is 3. The van der Waals surface area contributed by atoms with E-state index in [0.29, 0.717) is 18.1 Å². The summed E-state index contributed by atoms with van der Waals surface area (Å²) in [5.41, 5.74) is 1.12. The van der Waals surface area contributed by atoms with Gasteiger partial charge < -0.3 is 4.90 Å². The molecule has 7 nitrogen and oxygen atoms in total. The second-order valence-corrected chi connectivity index (χ2v) is 11.3. The van der Waals surface area contributed by atoms with Gasteiger partial charge in [-0.15, -0.1) is 21.5 Å². The van der Waals surface area contributed by atoms with E-state index >= 15 is 0 Å². The van der Waals surface area contributed by atoms with Crippen molar-refractivity contribution in [2.75, 3.05) is 24.3 Å². The molecule has 0 N–H and O–H groups in total. The van der Waals surface area contributed by atoms with Crippen molar-refractivity contribution in [1.29, 1.82) is 0 Å². The number of carbonyl (C=O) groups excluding carboxylic acids is 1. The number of hydrogen-bond donors (Lipinski definition) is 0. The number of carbonyl (C=O) groups is 1. The molecule has 0 radical (unpaired) electrons. The fourth-order valence-corrected chi connectivity index (χ4v) is 6.76. The molecule has 30 heavy (non-hydrogen) atoms. The Bertz CT molecular complexity index is 1110. The molecule has 0 bridgehead atoms. The van der Waals surface area contributed by atoms with E-state index in [1.807, 2.05) is 52.4 Å². The van der Waals surface area contributed by atoms with Crippen LogP contribution in [0.4, 0.5) is 0 Å². The summed E-state index contributed by atoms with van der Waals surface area (Å²) in [4.78, 5) is 15.3. The molecule has 1 aromatic carbocycles. The zero-order valence-electron chi connectivity index (χ0n) is 16.5. The van der Waals surface area contributed by atoms with Gasteiger partial charge in [0.2, 0.25) is 5.91 Å². The molecule has 0 spiro atoms. The largest absolute Gasteiger partial charge is 0.341 e. The fourth-order valence-electron chi connectivity index (χ4n) is 3.40. The van der Waals surface area contributed by atoms with Gasteiger partial charge in [-0.25, -0.2) is 8.42 Å². The maximum absolute atomic E-state index is 12.7. The number of nitrogens with zero attached hydrogens (tertiary/aromatic N) is 4. The van der Waals surface area contributed by atoms with E-state index in [2.05, 4.69) is 10.2 Å². The van der Waals surface area contributed by atoms with Gasteiger partial charge in [-0.3, -0.25) is 9.36 Å². The highest BCUT2D eigenvalue weighted by atomic mass is 32.2. The lowest BCUT2D eigenvalue weighted by molar-refractivity contribution is -0.128. The van der Waals surface area contributed by atoms with Crippen molar-refractivity contribution in [2.45, 2.75) is 24.2 Å². The van der Waals surface area contributed by atoms with Crippen molar-refractivity contribution in [2.24, 2.45) is 0 Å². The van der Waals surface area contributed by atoms with E-state index in [9.17, 15) is 13.2 Å². The minimum absolute atomic E-state index is 0.0482. The van der Waals surface area contributed by atoms with E-state index in [0.717, 1.165) is 16.3 Å². The van der Waals surface area contributed by atoms with Gasteiger partial charge >= 0.3 is 0 Å². The molecule has 1 fully saturated rings. The monoisotopic (exact) mass is 462 g/mol. The number of hydrogen-bond acceptors (Lipinski definition) is 7. The van der Waals surface area contributed by atoms with Gasteiger partial charge in [-0.1, -0.05) is 48.2 Å². The molecular weight excluding hydrogens is 440 g/mol. The zero-order chi connectivity index (χ0) is 21.1. The highest BCUT2D eigenvalue weighted by Gasteiger charge is 2.32. The van der Waals surface area contributed by atoms with Crippen LogP contribution in [0.25, 0.3) is 10.7 Å². The van der Waals surface area contributed by atoms with Crippen LogP contribution in [0.3, 0.4) is 0 Å². The molecule has 1 aliphatic heterocycles. The third-order valence-corrected chi connectivity index (χ3v) is 8.68. The number of sulfone groups is 1. The molecular formula is C20H22N4O3S3. The first-order chi connectivity index (χ1) is 14.4. The lowest BCUT2D eigenvalue weighted by Crippen LogP contribution is -2.38. The summed E-state index contributed by atoms with van der Waals surface area (Å²) in [6.07, 6.45) is 0.502. The smallest absolute Gasteiger partial charge is 0.233 e. The van der Waals surface area contributed by atoms with Crippen molar-refractivity contribution < 1.29 is 13.2 Å². The topological polar surface area (TPSA) is 85.2 Å². The van der Waals surface area contributed by atoms with Crippen molar-refractivity contribution in [3.63, 3.8) is 0 Å². The molecule has 3 heterocycles. The van der Waals surface area contributed by atoms with Gasteiger partial charge in [0.1, 0.15) is 0 Å². The minimum atomic E-state index is -3.03. The maximum Gasteiger partial charge on any atom is 0.233 e. The molecule has 1 saturated heterocycles. The molecule has 1 aliphatic rings. The maximum atomic E-state index is 12.7. The van der Waals surface area contributed by atoms with Gasteiger partial charge in [0, 0.05) is 13.1 Å². The molecule has 4 rings (SSSR count). The Morgan fingerprint density at radius 3 is 2.70 bits per heavy atom. The van der Waals surface area contributed by atoms with Gasteiger partial charge in [-0.2, -0.15) is 0 Å². The average molecular weight is 463 g/mol. The summed E-state index contributed by atoms with van der Waals surface area (Å²) in [6.45, 7) is 0.605. The first-order valence-electron chi connectivity index (χ1n) is 9.53. The first-order valence-corrected chi connectivity index (χ1v) is 13.2. The van der Waals surface area contributed by atoms with E-state index < -0.39 is 9.84 Å². The summed E-state index contributed by atoms with van der Waals surface area (Å²) >= 11 is 2.93. The highest BCUT2D eigenvalue weighted by molar-refractivity contribution is 7.99. The Balaban J connectivity index is 1.50. The Morgan fingerprint density at radius 1 is 1.23 bits per heavy atom. The van der Waals surface area contributed by atoms with Crippen LogP contribution in [0.15, 0.2) is 53.0 Å². The number of thioether (sulfide) groups is 1. The number of rotatable bonds is 7. The van der Waals surface area contributed by atoms with Crippen LogP contribution in [-0.4, -0.2) is 64.3 Å². The van der Waals surface area contributed by atoms with Crippen LogP contribution in [0.5, 0.6) is 0 Å². The predicted molar refractivity (Wildman–Crippen MR) is 119 cm³/mol. The van der Waals surface area contributed by atoms with Crippen LogP contribution >= 0.6 is 23.1 Å². The van der Waals surface area contributed by atoms with E-state index in [4.69, 9.17) is 0 Å². The molecule has 10 heteroatoms. The molecule has 158 valence electrons. The number of thiophene rings is 1. The van der Waals surface area contributed by atoms with Gasteiger partial charge in [-0.05, 0) is 23.4 Å². The normalized spacial score (nSPS) is 17.8. The Labute approximate surface area is 184 Å². The van der Waals surface area contributed by atoms with Crippen molar-refractivity contribution >= 4 is 38.8 Å². The van der Waals surface area contributed by atoms with Crippen LogP contribution in [-0.2, 0) is 21.2 Å². The van der Waals surface area contributed by atoms with E-state index in [1.165, 1.54) is 11.8 Å². The zero-order valence-corrected chi connectivity index (χ0v) is 18.9. The number of amides is 1. The quantitative estimate of drug-likeness (QED) is 0.502. The Morgan fingerprint density at radius 2 is 2.03 bits per heavy atom. The summed E-state index contributed by atoms with van der Waals surface area (Å²) in [6, 6.07) is 13.8. The molecule has 1 unspecified atom stereocenters. The Kier molecular flexibility index (Phi) is 6.26. The minimum Gasteiger partial charge on any atom is -0.341 e. The lowest BCUT2D eigenvalue weighted by Gasteiger charge is -2.23. The van der Waals surface area contributed by atoms with Gasteiger partial charge in [0.15, 0.2) is 20.8 Å². The predicted octanol–water partition coefficient (Wildman–Crippen LogP) is 2.79. The summed E-state index contributed by atoms with van der Waals surface area (Å²) in [7, 11) is -1.35. The Hall–Kier alpha value is -2.17. The van der Waals surface area contributed by atoms with Crippen LogP contribution in [0.2, 0.25) is 0 Å². The second kappa shape index (κ2) is 8.91. The van der Waals surface area contributed by atoms with E-state index in [-0.39, 0.29) is 29.2 Å². The fraction of sp³-hybridized carbons (Fsp3) is 0.350. The summed E-state index contributed by atoms with van der Waals surface area (Å²) in [5.74, 6) is 1.06.